The van der Waals surface area contributed by atoms with Gasteiger partial charge in [-0.15, -0.1) is 0 Å². The Kier molecular flexibility index (Phi) is 5.64. The molecule has 0 saturated carbocycles. The lowest BCUT2D eigenvalue weighted by molar-refractivity contribution is 0.0469. The van der Waals surface area contributed by atoms with Crippen LogP contribution in [0.25, 0.3) is 5.69 Å². The number of ether oxygens (including phenoxy) is 2. The zero-order chi connectivity index (χ0) is 20.3. The second kappa shape index (κ2) is 8.13. The maximum absolute atomic E-state index is 12.7. The molecule has 0 saturated heterocycles. The lowest BCUT2D eigenvalue weighted by Crippen LogP contribution is -2.08. The van der Waals surface area contributed by atoms with E-state index in [1.165, 1.54) is 6.92 Å². The topological polar surface area (TPSA) is 57.5 Å². The first kappa shape index (κ1) is 19.4. The summed E-state index contributed by atoms with van der Waals surface area (Å²) in [5, 5.41) is 0. The zero-order valence-electron chi connectivity index (χ0n) is 16.5. The average Bonchev–Trinajstić information content (AvgIpc) is 3.00. The number of hydrogen-bond acceptors (Lipinski definition) is 4. The number of benzene rings is 2. The smallest absolute Gasteiger partial charge is 0.340 e. The average molecular weight is 377 g/mol. The number of carbonyl (C=O) groups is 2. The highest BCUT2D eigenvalue weighted by Crippen LogP contribution is 2.24. The summed E-state index contributed by atoms with van der Waals surface area (Å²) in [6, 6.07) is 16.8. The number of Topliss-reactive ketones (excluding diaryl/α,β-unsaturated/α-hetero) is 1. The molecule has 0 N–H and O–H groups in total. The van der Waals surface area contributed by atoms with Gasteiger partial charge in [0.25, 0.3) is 0 Å². The minimum atomic E-state index is -0.412. The molecular weight excluding hydrogens is 354 g/mol. The van der Waals surface area contributed by atoms with Crippen LogP contribution in [0.15, 0.2) is 54.6 Å². The van der Waals surface area contributed by atoms with Gasteiger partial charge in [0, 0.05) is 28.2 Å². The van der Waals surface area contributed by atoms with Crippen LogP contribution in [0.1, 0.15) is 44.6 Å². The summed E-state index contributed by atoms with van der Waals surface area (Å²) in [4.78, 5) is 24.3. The first-order chi connectivity index (χ1) is 13.4. The number of aromatic nitrogens is 1. The van der Waals surface area contributed by atoms with Crippen molar-refractivity contribution < 1.29 is 19.1 Å². The summed E-state index contributed by atoms with van der Waals surface area (Å²) in [5.74, 6) is 0.111. The Morgan fingerprint density at radius 1 is 1.00 bits per heavy atom. The molecule has 5 heteroatoms. The summed E-state index contributed by atoms with van der Waals surface area (Å²) >= 11 is 0. The van der Waals surface area contributed by atoms with E-state index in [4.69, 9.17) is 9.47 Å². The standard InChI is InChI=1S/C23H23NO4/c1-15-12-21(16(2)24(15)20-8-6-5-7-9-20)23(26)28-14-19-13-18(17(3)25)10-11-22(19)27-4/h5-13H,14H2,1-4H3. The molecule has 2 aromatic carbocycles. The Hall–Kier alpha value is -3.34. The Morgan fingerprint density at radius 2 is 1.71 bits per heavy atom. The largest absolute Gasteiger partial charge is 0.496 e. The van der Waals surface area contributed by atoms with Crippen LogP contribution < -0.4 is 4.74 Å². The monoisotopic (exact) mass is 377 g/mol. The van der Waals surface area contributed by atoms with Gasteiger partial charge >= 0.3 is 5.97 Å². The molecule has 144 valence electrons. The summed E-state index contributed by atoms with van der Waals surface area (Å²) in [5.41, 5.74) is 4.48. The van der Waals surface area contributed by atoms with Crippen molar-refractivity contribution in [2.45, 2.75) is 27.4 Å². The van der Waals surface area contributed by atoms with E-state index in [1.807, 2.05) is 54.8 Å². The molecule has 3 aromatic rings. The van der Waals surface area contributed by atoms with Gasteiger partial charge in [-0.25, -0.2) is 4.79 Å². The normalized spacial score (nSPS) is 10.6. The lowest BCUT2D eigenvalue weighted by Gasteiger charge is -2.11. The van der Waals surface area contributed by atoms with Crippen molar-refractivity contribution in [2.75, 3.05) is 7.11 Å². The van der Waals surface area contributed by atoms with E-state index in [9.17, 15) is 9.59 Å². The second-order valence-corrected chi connectivity index (χ2v) is 6.61. The second-order valence-electron chi connectivity index (χ2n) is 6.61. The highest BCUT2D eigenvalue weighted by Gasteiger charge is 2.19. The third-order valence-corrected chi connectivity index (χ3v) is 4.71. The van der Waals surface area contributed by atoms with E-state index in [0.717, 1.165) is 17.1 Å². The third-order valence-electron chi connectivity index (χ3n) is 4.71. The number of aryl methyl sites for hydroxylation is 1. The Labute approximate surface area is 164 Å². The Balaban J connectivity index is 1.83. The van der Waals surface area contributed by atoms with Gasteiger partial charge in [0.2, 0.25) is 0 Å². The van der Waals surface area contributed by atoms with Gasteiger partial charge in [-0.3, -0.25) is 4.79 Å². The van der Waals surface area contributed by atoms with Crippen LogP contribution >= 0.6 is 0 Å². The summed E-state index contributed by atoms with van der Waals surface area (Å²) < 4.78 is 12.9. The third kappa shape index (κ3) is 3.83. The number of nitrogens with zero attached hydrogens (tertiary/aromatic N) is 1. The zero-order valence-corrected chi connectivity index (χ0v) is 16.5. The van der Waals surface area contributed by atoms with Crippen molar-refractivity contribution in [3.05, 3.63) is 82.7 Å². The molecule has 0 fully saturated rings. The van der Waals surface area contributed by atoms with Crippen molar-refractivity contribution in [3.8, 4) is 11.4 Å². The lowest BCUT2D eigenvalue weighted by atomic mass is 10.1. The number of carbonyl (C=O) groups excluding carboxylic acids is 2. The van der Waals surface area contributed by atoms with E-state index in [2.05, 4.69) is 0 Å². The highest BCUT2D eigenvalue weighted by atomic mass is 16.5. The van der Waals surface area contributed by atoms with Gasteiger partial charge in [-0.1, -0.05) is 18.2 Å². The number of ketones is 1. The molecule has 28 heavy (non-hydrogen) atoms. The maximum atomic E-state index is 12.7. The van der Waals surface area contributed by atoms with Crippen molar-refractivity contribution in [1.82, 2.24) is 4.57 Å². The molecule has 0 unspecified atom stereocenters. The molecule has 5 nitrogen and oxygen atoms in total. The van der Waals surface area contributed by atoms with Crippen LogP contribution in [0.2, 0.25) is 0 Å². The molecule has 0 aliphatic carbocycles. The molecular formula is C23H23NO4. The predicted molar refractivity (Wildman–Crippen MR) is 107 cm³/mol. The summed E-state index contributed by atoms with van der Waals surface area (Å²) in [6.07, 6.45) is 0. The van der Waals surface area contributed by atoms with E-state index < -0.39 is 5.97 Å². The molecule has 0 atom stereocenters. The van der Waals surface area contributed by atoms with E-state index in [1.54, 1.807) is 25.3 Å². The molecule has 1 aromatic heterocycles. The van der Waals surface area contributed by atoms with E-state index in [-0.39, 0.29) is 12.4 Å². The number of hydrogen-bond donors (Lipinski definition) is 0. The Bertz CT molecular complexity index is 1020. The molecule has 0 aliphatic heterocycles. The van der Waals surface area contributed by atoms with Gasteiger partial charge in [0.1, 0.15) is 12.4 Å². The minimum Gasteiger partial charge on any atom is -0.496 e. The molecule has 0 aliphatic rings. The first-order valence-electron chi connectivity index (χ1n) is 9.01. The SMILES string of the molecule is COc1ccc(C(C)=O)cc1COC(=O)c1cc(C)n(-c2ccccc2)c1C. The fourth-order valence-corrected chi connectivity index (χ4v) is 3.28. The molecule has 1 heterocycles. The van der Waals surface area contributed by atoms with Crippen LogP contribution in [0.5, 0.6) is 5.75 Å². The molecule has 0 bridgehead atoms. The van der Waals surface area contributed by atoms with Crippen molar-refractivity contribution in [1.29, 1.82) is 0 Å². The van der Waals surface area contributed by atoms with Crippen LogP contribution in [-0.4, -0.2) is 23.4 Å². The van der Waals surface area contributed by atoms with Gasteiger partial charge in [0.05, 0.1) is 12.7 Å². The molecule has 0 amide bonds. The molecule has 0 spiro atoms. The first-order valence-corrected chi connectivity index (χ1v) is 9.01. The number of esters is 1. The molecule has 3 rings (SSSR count). The number of methoxy groups -OCH3 is 1. The number of para-hydroxylation sites is 1. The van der Waals surface area contributed by atoms with E-state index >= 15 is 0 Å². The van der Waals surface area contributed by atoms with Crippen LogP contribution in [0.3, 0.4) is 0 Å². The van der Waals surface area contributed by atoms with E-state index in [0.29, 0.717) is 22.4 Å². The van der Waals surface area contributed by atoms with Crippen LogP contribution in [-0.2, 0) is 11.3 Å². The minimum absolute atomic E-state index is 0.0259. The fraction of sp³-hybridized carbons (Fsp3) is 0.217. The van der Waals surface area contributed by atoms with Crippen LogP contribution in [0.4, 0.5) is 0 Å². The summed E-state index contributed by atoms with van der Waals surface area (Å²) in [7, 11) is 1.54. The Morgan fingerprint density at radius 3 is 2.36 bits per heavy atom. The van der Waals surface area contributed by atoms with Crippen molar-refractivity contribution in [2.24, 2.45) is 0 Å². The van der Waals surface area contributed by atoms with Crippen molar-refractivity contribution in [3.63, 3.8) is 0 Å². The predicted octanol–water partition coefficient (Wildman–Crippen LogP) is 4.66. The van der Waals surface area contributed by atoms with Gasteiger partial charge in [-0.05, 0) is 57.2 Å². The summed E-state index contributed by atoms with van der Waals surface area (Å²) in [6.45, 7) is 5.37. The van der Waals surface area contributed by atoms with Gasteiger partial charge in [-0.2, -0.15) is 0 Å². The van der Waals surface area contributed by atoms with Crippen LogP contribution in [0, 0.1) is 13.8 Å². The van der Waals surface area contributed by atoms with Gasteiger partial charge < -0.3 is 14.0 Å². The number of rotatable bonds is 6. The fourth-order valence-electron chi connectivity index (χ4n) is 3.28. The highest BCUT2D eigenvalue weighted by molar-refractivity contribution is 5.94. The van der Waals surface area contributed by atoms with Gasteiger partial charge in [0.15, 0.2) is 5.78 Å². The molecule has 0 radical (unpaired) electrons. The maximum Gasteiger partial charge on any atom is 0.340 e. The van der Waals surface area contributed by atoms with Crippen molar-refractivity contribution >= 4 is 11.8 Å². The quantitative estimate of drug-likeness (QED) is 0.463.